The predicted molar refractivity (Wildman–Crippen MR) is 69.9 cm³/mol. The van der Waals surface area contributed by atoms with Gasteiger partial charge in [-0.25, -0.2) is 0 Å². The van der Waals surface area contributed by atoms with Crippen LogP contribution in [0.4, 0.5) is 0 Å². The fourth-order valence-electron chi connectivity index (χ4n) is 1.54. The third-order valence-corrected chi connectivity index (χ3v) is 2.45. The molecule has 0 rings (SSSR count). The van der Waals surface area contributed by atoms with E-state index in [1.807, 2.05) is 13.8 Å². The third-order valence-electron chi connectivity index (χ3n) is 2.45. The Morgan fingerprint density at radius 3 is 2.28 bits per heavy atom. The SMILES string of the molecule is COCC(N)C(=O)NC(CC(C)C)C(=O)N(C)C. The van der Waals surface area contributed by atoms with Crippen LogP contribution in [0, 0.1) is 5.92 Å². The number of likely N-dealkylation sites (N-methyl/N-ethyl adjacent to an activating group) is 1. The number of amides is 2. The maximum absolute atomic E-state index is 11.9. The minimum Gasteiger partial charge on any atom is -0.383 e. The Morgan fingerprint density at radius 1 is 1.33 bits per heavy atom. The summed E-state index contributed by atoms with van der Waals surface area (Å²) in [6.07, 6.45) is 0.586. The predicted octanol–water partition coefficient (Wildman–Crippen LogP) is -0.421. The molecule has 0 aromatic rings. The molecule has 0 aliphatic carbocycles. The van der Waals surface area contributed by atoms with Crippen molar-refractivity contribution in [1.82, 2.24) is 10.2 Å². The molecular formula is C12H25N3O3. The Balaban J connectivity index is 4.58. The molecule has 0 saturated carbocycles. The van der Waals surface area contributed by atoms with Crippen molar-refractivity contribution in [2.75, 3.05) is 27.8 Å². The second-order valence-corrected chi connectivity index (χ2v) is 4.99. The van der Waals surface area contributed by atoms with Gasteiger partial charge in [0, 0.05) is 21.2 Å². The van der Waals surface area contributed by atoms with E-state index in [1.54, 1.807) is 14.1 Å². The number of hydrogen-bond acceptors (Lipinski definition) is 4. The van der Waals surface area contributed by atoms with E-state index in [4.69, 9.17) is 10.5 Å². The van der Waals surface area contributed by atoms with Crippen LogP contribution < -0.4 is 11.1 Å². The molecule has 6 nitrogen and oxygen atoms in total. The molecule has 0 saturated heterocycles. The summed E-state index contributed by atoms with van der Waals surface area (Å²) in [5.41, 5.74) is 5.62. The Bertz CT molecular complexity index is 280. The van der Waals surface area contributed by atoms with E-state index in [9.17, 15) is 9.59 Å². The van der Waals surface area contributed by atoms with Gasteiger partial charge in [0.2, 0.25) is 11.8 Å². The van der Waals surface area contributed by atoms with Gasteiger partial charge in [0.25, 0.3) is 0 Å². The van der Waals surface area contributed by atoms with Crippen molar-refractivity contribution in [1.29, 1.82) is 0 Å². The van der Waals surface area contributed by atoms with Crippen LogP contribution >= 0.6 is 0 Å². The van der Waals surface area contributed by atoms with Crippen LogP contribution in [0.1, 0.15) is 20.3 Å². The molecule has 3 N–H and O–H groups in total. The van der Waals surface area contributed by atoms with Gasteiger partial charge in [-0.15, -0.1) is 0 Å². The van der Waals surface area contributed by atoms with Crippen LogP contribution in [0.5, 0.6) is 0 Å². The van der Waals surface area contributed by atoms with E-state index in [1.165, 1.54) is 12.0 Å². The average Bonchev–Trinajstić information content (AvgIpc) is 2.26. The number of methoxy groups -OCH3 is 1. The molecule has 0 radical (unpaired) electrons. The summed E-state index contributed by atoms with van der Waals surface area (Å²) in [5.74, 6) is -0.183. The summed E-state index contributed by atoms with van der Waals surface area (Å²) in [6, 6.07) is -1.28. The molecule has 0 bridgehead atoms. The highest BCUT2D eigenvalue weighted by atomic mass is 16.5. The van der Waals surface area contributed by atoms with Crippen LogP contribution in [0.15, 0.2) is 0 Å². The highest BCUT2D eigenvalue weighted by Crippen LogP contribution is 2.07. The largest absolute Gasteiger partial charge is 0.383 e. The first kappa shape index (κ1) is 16.9. The molecule has 0 heterocycles. The van der Waals surface area contributed by atoms with Crippen molar-refractivity contribution in [3.05, 3.63) is 0 Å². The quantitative estimate of drug-likeness (QED) is 0.650. The lowest BCUT2D eigenvalue weighted by Gasteiger charge is -2.24. The van der Waals surface area contributed by atoms with E-state index >= 15 is 0 Å². The molecule has 2 unspecified atom stereocenters. The van der Waals surface area contributed by atoms with E-state index in [2.05, 4.69) is 5.32 Å². The van der Waals surface area contributed by atoms with E-state index < -0.39 is 12.1 Å². The first-order chi connectivity index (χ1) is 8.29. The molecule has 0 aliphatic heterocycles. The topological polar surface area (TPSA) is 84.7 Å². The van der Waals surface area contributed by atoms with Crippen molar-refractivity contribution in [3.8, 4) is 0 Å². The first-order valence-corrected chi connectivity index (χ1v) is 6.05. The van der Waals surface area contributed by atoms with Crippen molar-refractivity contribution in [2.45, 2.75) is 32.4 Å². The number of nitrogens with zero attached hydrogens (tertiary/aromatic N) is 1. The summed E-state index contributed by atoms with van der Waals surface area (Å²) < 4.78 is 4.81. The molecule has 106 valence electrons. The number of rotatable bonds is 7. The zero-order valence-corrected chi connectivity index (χ0v) is 11.9. The lowest BCUT2D eigenvalue weighted by Crippen LogP contribution is -2.52. The fraction of sp³-hybridized carbons (Fsp3) is 0.833. The van der Waals surface area contributed by atoms with Crippen molar-refractivity contribution >= 4 is 11.8 Å². The minimum absolute atomic E-state index is 0.123. The molecule has 18 heavy (non-hydrogen) atoms. The lowest BCUT2D eigenvalue weighted by molar-refractivity contribution is -0.135. The summed E-state index contributed by atoms with van der Waals surface area (Å²) in [4.78, 5) is 25.2. The van der Waals surface area contributed by atoms with Gasteiger partial charge in [0.15, 0.2) is 0 Å². The van der Waals surface area contributed by atoms with Crippen LogP contribution in [0.3, 0.4) is 0 Å². The van der Waals surface area contributed by atoms with Crippen LogP contribution in [-0.4, -0.2) is 56.6 Å². The fourth-order valence-corrected chi connectivity index (χ4v) is 1.54. The Kier molecular flexibility index (Phi) is 7.54. The van der Waals surface area contributed by atoms with Gasteiger partial charge in [-0.1, -0.05) is 13.8 Å². The second kappa shape index (κ2) is 8.05. The van der Waals surface area contributed by atoms with Gasteiger partial charge in [0.05, 0.1) is 6.61 Å². The number of nitrogens with two attached hydrogens (primary N) is 1. The summed E-state index contributed by atoms with van der Waals surface area (Å²) in [6.45, 7) is 4.13. The molecule has 2 amide bonds. The van der Waals surface area contributed by atoms with Gasteiger partial charge >= 0.3 is 0 Å². The number of ether oxygens (including phenoxy) is 1. The van der Waals surface area contributed by atoms with Crippen molar-refractivity contribution < 1.29 is 14.3 Å². The van der Waals surface area contributed by atoms with Crippen molar-refractivity contribution in [2.24, 2.45) is 11.7 Å². The van der Waals surface area contributed by atoms with E-state index in [-0.39, 0.29) is 18.4 Å². The highest BCUT2D eigenvalue weighted by molar-refractivity contribution is 5.89. The number of carbonyl (C=O) groups excluding carboxylic acids is 2. The van der Waals surface area contributed by atoms with Gasteiger partial charge in [0.1, 0.15) is 12.1 Å². The Labute approximate surface area is 109 Å². The van der Waals surface area contributed by atoms with Gasteiger partial charge in [-0.05, 0) is 12.3 Å². The molecule has 0 aromatic carbocycles. The van der Waals surface area contributed by atoms with E-state index in [0.29, 0.717) is 12.3 Å². The zero-order valence-electron chi connectivity index (χ0n) is 11.9. The normalized spacial score (nSPS) is 14.2. The zero-order chi connectivity index (χ0) is 14.3. The maximum atomic E-state index is 11.9. The van der Waals surface area contributed by atoms with Gasteiger partial charge in [-0.2, -0.15) is 0 Å². The highest BCUT2D eigenvalue weighted by Gasteiger charge is 2.25. The lowest BCUT2D eigenvalue weighted by atomic mass is 10.0. The minimum atomic E-state index is -0.750. The standard InChI is InChI=1S/C12H25N3O3/c1-8(2)6-10(12(17)15(3)4)14-11(16)9(13)7-18-5/h8-10H,6-7,13H2,1-5H3,(H,14,16). The molecular weight excluding hydrogens is 234 g/mol. The van der Waals surface area contributed by atoms with Crippen LogP contribution in [0.25, 0.3) is 0 Å². The van der Waals surface area contributed by atoms with Crippen molar-refractivity contribution in [3.63, 3.8) is 0 Å². The maximum Gasteiger partial charge on any atom is 0.244 e. The number of nitrogens with one attached hydrogen (secondary N) is 1. The monoisotopic (exact) mass is 259 g/mol. The Hall–Kier alpha value is -1.14. The molecule has 2 atom stereocenters. The third kappa shape index (κ3) is 5.97. The molecule has 0 fully saturated rings. The number of hydrogen-bond donors (Lipinski definition) is 2. The summed E-state index contributed by atoms with van der Waals surface area (Å²) >= 11 is 0. The summed E-state index contributed by atoms with van der Waals surface area (Å²) in [5, 5.41) is 2.68. The van der Waals surface area contributed by atoms with Gasteiger partial charge in [-0.3, -0.25) is 9.59 Å². The number of carbonyl (C=O) groups is 2. The second-order valence-electron chi connectivity index (χ2n) is 4.99. The van der Waals surface area contributed by atoms with Crippen LogP contribution in [-0.2, 0) is 14.3 Å². The van der Waals surface area contributed by atoms with Crippen LogP contribution in [0.2, 0.25) is 0 Å². The smallest absolute Gasteiger partial charge is 0.244 e. The van der Waals surface area contributed by atoms with Gasteiger partial charge < -0.3 is 20.7 Å². The molecule has 0 aliphatic rings. The molecule has 0 spiro atoms. The molecule has 0 aromatic heterocycles. The first-order valence-electron chi connectivity index (χ1n) is 6.05. The Morgan fingerprint density at radius 2 is 1.89 bits per heavy atom. The summed E-state index contributed by atoms with van der Waals surface area (Å²) in [7, 11) is 4.80. The molecule has 6 heteroatoms. The average molecular weight is 259 g/mol. The van der Waals surface area contributed by atoms with E-state index in [0.717, 1.165) is 0 Å².